The second-order valence-corrected chi connectivity index (χ2v) is 3.70. The second kappa shape index (κ2) is 3.77. The Labute approximate surface area is 91.0 Å². The lowest BCUT2D eigenvalue weighted by Crippen LogP contribution is -2.17. The Hall–Kier alpha value is -1.59. The van der Waals surface area contributed by atoms with Crippen LogP contribution in [0.4, 0.5) is 0 Å². The summed E-state index contributed by atoms with van der Waals surface area (Å²) < 4.78 is 15.9. The highest BCUT2D eigenvalue weighted by atomic mass is 16.7. The first kappa shape index (κ1) is 9.62. The molecule has 84 valence electrons. The summed E-state index contributed by atoms with van der Waals surface area (Å²) in [5, 5.41) is 0. The van der Waals surface area contributed by atoms with Crippen LogP contribution in [0.1, 0.15) is 18.3 Å². The van der Waals surface area contributed by atoms with E-state index in [4.69, 9.17) is 13.9 Å². The lowest BCUT2D eigenvalue weighted by atomic mass is 10.2. The highest BCUT2D eigenvalue weighted by molar-refractivity contribution is 5.72. The van der Waals surface area contributed by atoms with E-state index in [1.807, 2.05) is 12.1 Å². The van der Waals surface area contributed by atoms with Crippen LogP contribution in [0.25, 0.3) is 11.1 Å². The van der Waals surface area contributed by atoms with Gasteiger partial charge in [-0.3, -0.25) is 4.98 Å². The van der Waals surface area contributed by atoms with Crippen LogP contribution in [0, 0.1) is 0 Å². The number of hydrogen-bond acceptors (Lipinski definition) is 4. The molecule has 3 rings (SSSR count). The minimum Gasteiger partial charge on any atom is -0.408 e. The van der Waals surface area contributed by atoms with E-state index in [-0.39, 0.29) is 6.29 Å². The molecule has 5 heteroatoms. The molecule has 0 spiro atoms. The highest BCUT2D eigenvalue weighted by Gasteiger charge is 2.17. The number of oxazole rings is 1. The number of hydrogen-bond donors (Lipinski definition) is 1. The largest absolute Gasteiger partial charge is 0.417 e. The van der Waals surface area contributed by atoms with Gasteiger partial charge in [-0.2, -0.15) is 0 Å². The highest BCUT2D eigenvalue weighted by Crippen LogP contribution is 2.24. The zero-order valence-corrected chi connectivity index (χ0v) is 8.56. The van der Waals surface area contributed by atoms with Crippen LogP contribution in [-0.4, -0.2) is 18.2 Å². The molecule has 0 amide bonds. The molecule has 1 N–H and O–H groups in total. The third-order valence-corrected chi connectivity index (χ3v) is 2.54. The molecule has 16 heavy (non-hydrogen) atoms. The maximum absolute atomic E-state index is 11.0. The Morgan fingerprint density at radius 3 is 2.88 bits per heavy atom. The normalized spacial score (nSPS) is 18.0. The molecule has 1 fully saturated rings. The van der Waals surface area contributed by atoms with E-state index in [0.29, 0.717) is 24.3 Å². The van der Waals surface area contributed by atoms with E-state index in [9.17, 15) is 4.79 Å². The predicted octanol–water partition coefficient (Wildman–Crippen LogP) is 1.56. The van der Waals surface area contributed by atoms with Crippen molar-refractivity contribution in [3.05, 3.63) is 34.3 Å². The fourth-order valence-electron chi connectivity index (χ4n) is 1.80. The monoisotopic (exact) mass is 221 g/mol. The summed E-state index contributed by atoms with van der Waals surface area (Å²) in [5.41, 5.74) is 2.11. The van der Waals surface area contributed by atoms with E-state index in [1.165, 1.54) is 0 Å². The van der Waals surface area contributed by atoms with E-state index < -0.39 is 5.76 Å². The summed E-state index contributed by atoms with van der Waals surface area (Å²) in [6.07, 6.45) is 0.581. The van der Waals surface area contributed by atoms with Crippen molar-refractivity contribution in [3.63, 3.8) is 0 Å². The first-order valence-electron chi connectivity index (χ1n) is 5.19. The van der Waals surface area contributed by atoms with Crippen LogP contribution in [-0.2, 0) is 9.47 Å². The molecule has 1 aromatic carbocycles. The summed E-state index contributed by atoms with van der Waals surface area (Å²) in [4.78, 5) is 13.6. The molecule has 1 saturated heterocycles. The number of aromatic nitrogens is 1. The van der Waals surface area contributed by atoms with Crippen LogP contribution >= 0.6 is 0 Å². The van der Waals surface area contributed by atoms with Crippen LogP contribution < -0.4 is 5.76 Å². The van der Waals surface area contributed by atoms with Gasteiger partial charge in [0.2, 0.25) is 0 Å². The maximum Gasteiger partial charge on any atom is 0.417 e. The molecule has 0 aliphatic carbocycles. The molecular weight excluding hydrogens is 210 g/mol. The predicted molar refractivity (Wildman–Crippen MR) is 56.1 cm³/mol. The van der Waals surface area contributed by atoms with Crippen LogP contribution in [0.15, 0.2) is 27.4 Å². The molecule has 0 unspecified atom stereocenters. The summed E-state index contributed by atoms with van der Waals surface area (Å²) in [6, 6.07) is 5.40. The molecule has 2 aromatic rings. The van der Waals surface area contributed by atoms with Gasteiger partial charge in [0.25, 0.3) is 0 Å². The number of rotatable bonds is 1. The summed E-state index contributed by atoms with van der Waals surface area (Å²) in [7, 11) is 0. The fraction of sp³-hybridized carbons (Fsp3) is 0.364. The Kier molecular flexibility index (Phi) is 2.27. The molecule has 0 atom stereocenters. The number of aromatic amines is 1. The Bertz CT molecular complexity index is 550. The molecule has 0 radical (unpaired) electrons. The van der Waals surface area contributed by atoms with Gasteiger partial charge in [-0.1, -0.05) is 6.07 Å². The van der Waals surface area contributed by atoms with Crippen molar-refractivity contribution < 1.29 is 13.9 Å². The van der Waals surface area contributed by atoms with Gasteiger partial charge in [-0.25, -0.2) is 4.79 Å². The van der Waals surface area contributed by atoms with Gasteiger partial charge in [0.1, 0.15) is 0 Å². The first-order chi connectivity index (χ1) is 7.83. The molecular formula is C11H11NO4. The third kappa shape index (κ3) is 1.64. The molecule has 2 heterocycles. The minimum absolute atomic E-state index is 0.337. The zero-order valence-electron chi connectivity index (χ0n) is 8.56. The van der Waals surface area contributed by atoms with Gasteiger partial charge in [0.15, 0.2) is 11.9 Å². The van der Waals surface area contributed by atoms with Crippen LogP contribution in [0.2, 0.25) is 0 Å². The van der Waals surface area contributed by atoms with E-state index >= 15 is 0 Å². The molecule has 1 aliphatic heterocycles. The third-order valence-electron chi connectivity index (χ3n) is 2.54. The van der Waals surface area contributed by atoms with Gasteiger partial charge in [0, 0.05) is 5.56 Å². The quantitative estimate of drug-likeness (QED) is 0.793. The van der Waals surface area contributed by atoms with E-state index in [2.05, 4.69) is 4.98 Å². The van der Waals surface area contributed by atoms with Crippen molar-refractivity contribution in [2.24, 2.45) is 0 Å². The van der Waals surface area contributed by atoms with Gasteiger partial charge < -0.3 is 13.9 Å². The van der Waals surface area contributed by atoms with Crippen LogP contribution in [0.5, 0.6) is 0 Å². The average Bonchev–Trinajstić information content (AvgIpc) is 2.69. The van der Waals surface area contributed by atoms with Crippen LogP contribution in [0.3, 0.4) is 0 Å². The molecule has 0 saturated carbocycles. The van der Waals surface area contributed by atoms with Crippen molar-refractivity contribution in [1.82, 2.24) is 4.98 Å². The van der Waals surface area contributed by atoms with Crippen molar-refractivity contribution >= 4 is 11.1 Å². The summed E-state index contributed by atoms with van der Waals surface area (Å²) >= 11 is 0. The molecule has 1 aromatic heterocycles. The smallest absolute Gasteiger partial charge is 0.408 e. The molecule has 0 bridgehead atoms. The Morgan fingerprint density at radius 2 is 2.06 bits per heavy atom. The lowest BCUT2D eigenvalue weighted by Gasteiger charge is -2.23. The minimum atomic E-state index is -0.447. The first-order valence-corrected chi connectivity index (χ1v) is 5.19. The average molecular weight is 221 g/mol. The Balaban J connectivity index is 2.00. The molecule has 5 nitrogen and oxygen atoms in total. The molecule has 1 aliphatic rings. The summed E-state index contributed by atoms with van der Waals surface area (Å²) in [5.74, 6) is -0.447. The summed E-state index contributed by atoms with van der Waals surface area (Å²) in [6.45, 7) is 1.40. The van der Waals surface area contributed by atoms with E-state index in [1.54, 1.807) is 6.07 Å². The van der Waals surface area contributed by atoms with Gasteiger partial charge in [0.05, 0.1) is 18.7 Å². The van der Waals surface area contributed by atoms with E-state index in [0.717, 1.165) is 12.0 Å². The maximum atomic E-state index is 11.0. The van der Waals surface area contributed by atoms with Gasteiger partial charge in [-0.05, 0) is 18.6 Å². The fourth-order valence-corrected chi connectivity index (χ4v) is 1.80. The van der Waals surface area contributed by atoms with Crippen molar-refractivity contribution in [3.8, 4) is 0 Å². The number of nitrogens with one attached hydrogen (secondary N) is 1. The SMILES string of the molecule is O=c1[nH]c2cc(C3OCCCO3)ccc2o1. The number of H-pyrrole nitrogens is 1. The van der Waals surface area contributed by atoms with Crippen molar-refractivity contribution in [2.75, 3.05) is 13.2 Å². The Morgan fingerprint density at radius 1 is 1.25 bits per heavy atom. The number of ether oxygens (including phenoxy) is 2. The van der Waals surface area contributed by atoms with Crippen molar-refractivity contribution in [2.45, 2.75) is 12.7 Å². The zero-order chi connectivity index (χ0) is 11.0. The lowest BCUT2D eigenvalue weighted by molar-refractivity contribution is -0.182. The number of benzene rings is 1. The standard InChI is InChI=1S/C11H11NO4/c13-11-12-8-6-7(2-3-9(8)16-11)10-14-4-1-5-15-10/h2-3,6,10H,1,4-5H2,(H,12,13). The topological polar surface area (TPSA) is 64.5 Å². The second-order valence-electron chi connectivity index (χ2n) is 3.70. The van der Waals surface area contributed by atoms with Gasteiger partial charge in [-0.15, -0.1) is 0 Å². The van der Waals surface area contributed by atoms with Crippen molar-refractivity contribution in [1.29, 1.82) is 0 Å². The number of fused-ring (bicyclic) bond motifs is 1. The van der Waals surface area contributed by atoms with Gasteiger partial charge >= 0.3 is 5.76 Å².